The summed E-state index contributed by atoms with van der Waals surface area (Å²) < 4.78 is 21.6. The second-order valence-corrected chi connectivity index (χ2v) is 7.66. The molecule has 0 amide bonds. The summed E-state index contributed by atoms with van der Waals surface area (Å²) in [6, 6.07) is 3.80. The van der Waals surface area contributed by atoms with E-state index in [4.69, 9.17) is 18.9 Å². The van der Waals surface area contributed by atoms with Gasteiger partial charge in [0, 0.05) is 6.42 Å². The molecule has 2 aliphatic rings. The van der Waals surface area contributed by atoms with Crippen molar-refractivity contribution in [3.8, 4) is 11.5 Å². The van der Waals surface area contributed by atoms with Gasteiger partial charge in [-0.25, -0.2) is 0 Å². The number of rotatable bonds is 6. The van der Waals surface area contributed by atoms with Crippen LogP contribution in [0.3, 0.4) is 0 Å². The number of ether oxygens (including phenoxy) is 4. The number of cyclic esters (lactones) is 1. The first-order chi connectivity index (χ1) is 14.7. The van der Waals surface area contributed by atoms with Crippen molar-refractivity contribution in [1.29, 1.82) is 0 Å². The normalized spacial score (nSPS) is 33.5. The summed E-state index contributed by atoms with van der Waals surface area (Å²) >= 11 is 0. The van der Waals surface area contributed by atoms with E-state index in [9.17, 15) is 35.1 Å². The highest BCUT2D eigenvalue weighted by molar-refractivity contribution is 5.73. The molecule has 1 aromatic carbocycles. The summed E-state index contributed by atoms with van der Waals surface area (Å²) in [5.41, 5.74) is 0.335. The minimum absolute atomic E-state index is 0.0694. The van der Waals surface area contributed by atoms with E-state index in [-0.39, 0.29) is 18.6 Å². The molecule has 1 aromatic rings. The average molecular weight is 442 g/mol. The van der Waals surface area contributed by atoms with Crippen LogP contribution in [0.25, 0.3) is 0 Å². The Bertz CT molecular complexity index is 797. The van der Waals surface area contributed by atoms with Crippen molar-refractivity contribution in [3.63, 3.8) is 0 Å². The minimum atomic E-state index is -1.62. The number of hydrogen-bond donors (Lipinski definition) is 5. The Morgan fingerprint density at radius 1 is 1.19 bits per heavy atom. The first-order valence-electron chi connectivity index (χ1n) is 9.85. The molecule has 0 radical (unpaired) electrons. The predicted molar refractivity (Wildman–Crippen MR) is 101 cm³/mol. The van der Waals surface area contributed by atoms with Gasteiger partial charge in [0.2, 0.25) is 0 Å². The molecule has 3 rings (SSSR count). The maximum absolute atomic E-state index is 12.4. The van der Waals surface area contributed by atoms with Crippen molar-refractivity contribution in [2.45, 2.75) is 69.1 Å². The third kappa shape index (κ3) is 5.63. The molecule has 2 saturated heterocycles. The number of phenols is 2. The fourth-order valence-corrected chi connectivity index (χ4v) is 3.58. The molecular formula is C20H26O11. The lowest BCUT2D eigenvalue weighted by Gasteiger charge is -2.43. The van der Waals surface area contributed by atoms with Gasteiger partial charge in [0.05, 0.1) is 25.6 Å². The van der Waals surface area contributed by atoms with Crippen molar-refractivity contribution < 1.29 is 54.1 Å². The molecule has 172 valence electrons. The summed E-state index contributed by atoms with van der Waals surface area (Å²) in [6.07, 6.45) is -8.22. The maximum atomic E-state index is 12.4. The van der Waals surface area contributed by atoms with E-state index < -0.39 is 67.2 Å². The lowest BCUT2D eigenvalue weighted by atomic mass is 9.98. The molecule has 31 heavy (non-hydrogen) atoms. The molecule has 7 atom stereocenters. The third-order valence-electron chi connectivity index (χ3n) is 5.13. The minimum Gasteiger partial charge on any atom is -0.504 e. The third-order valence-corrected chi connectivity index (χ3v) is 5.13. The number of aliphatic hydroxyl groups is 3. The van der Waals surface area contributed by atoms with Crippen LogP contribution in [0.4, 0.5) is 0 Å². The van der Waals surface area contributed by atoms with Crippen LogP contribution in [0, 0.1) is 0 Å². The number of benzene rings is 1. The highest BCUT2D eigenvalue weighted by Crippen LogP contribution is 2.29. The van der Waals surface area contributed by atoms with Crippen LogP contribution >= 0.6 is 0 Å². The Morgan fingerprint density at radius 2 is 1.94 bits per heavy atom. The predicted octanol–water partition coefficient (Wildman–Crippen LogP) is -0.898. The van der Waals surface area contributed by atoms with Gasteiger partial charge in [-0.2, -0.15) is 0 Å². The van der Waals surface area contributed by atoms with Gasteiger partial charge < -0.3 is 44.5 Å². The summed E-state index contributed by atoms with van der Waals surface area (Å²) in [6.45, 7) is 1.07. The zero-order valence-electron chi connectivity index (χ0n) is 16.8. The Hall–Kier alpha value is -2.44. The van der Waals surface area contributed by atoms with Crippen molar-refractivity contribution in [3.05, 3.63) is 23.8 Å². The molecule has 0 aromatic heterocycles. The number of aromatic hydroxyl groups is 2. The maximum Gasteiger partial charge on any atom is 0.310 e. The van der Waals surface area contributed by atoms with Crippen molar-refractivity contribution >= 4 is 11.9 Å². The van der Waals surface area contributed by atoms with Crippen molar-refractivity contribution in [2.75, 3.05) is 6.61 Å². The van der Waals surface area contributed by atoms with Gasteiger partial charge in [-0.15, -0.1) is 0 Å². The number of phenolic OH excluding ortho intramolecular Hbond substituents is 2. The Morgan fingerprint density at radius 3 is 2.58 bits per heavy atom. The second-order valence-electron chi connectivity index (χ2n) is 7.66. The van der Waals surface area contributed by atoms with Crippen molar-refractivity contribution in [1.82, 2.24) is 0 Å². The number of carbonyl (C=O) groups excluding carboxylic acids is 2. The highest BCUT2D eigenvalue weighted by Gasteiger charge is 2.48. The Balaban J connectivity index is 1.72. The molecule has 0 unspecified atom stereocenters. The van der Waals surface area contributed by atoms with E-state index in [1.165, 1.54) is 18.2 Å². The van der Waals surface area contributed by atoms with Crippen molar-refractivity contribution in [2.24, 2.45) is 0 Å². The van der Waals surface area contributed by atoms with Crippen LogP contribution in [-0.4, -0.2) is 87.0 Å². The van der Waals surface area contributed by atoms with Crippen LogP contribution in [0.2, 0.25) is 0 Å². The fourth-order valence-electron chi connectivity index (χ4n) is 3.58. The largest absolute Gasteiger partial charge is 0.504 e. The zero-order chi connectivity index (χ0) is 22.7. The summed E-state index contributed by atoms with van der Waals surface area (Å²) in [5.74, 6) is -2.05. The lowest BCUT2D eigenvalue weighted by Crippen LogP contribution is -2.61. The molecule has 0 bridgehead atoms. The molecule has 0 spiro atoms. The molecule has 0 saturated carbocycles. The second kappa shape index (κ2) is 9.79. The topological polar surface area (TPSA) is 172 Å². The molecular weight excluding hydrogens is 416 g/mol. The van der Waals surface area contributed by atoms with E-state index in [2.05, 4.69) is 0 Å². The standard InChI is InChI=1S/C20H26O11/c1-9-4-11(7-16(25)28-9)29-20-19(18(27)17(26)14(8-21)30-20)31-15(24)6-10-2-3-12(22)13(23)5-10/h2-3,5,9,11,14,17-23,26-27H,4,6-8H2,1H3/t9-,11-,14-,17-,18+,19-,20-/m1/s1. The molecule has 5 N–H and O–H groups in total. The first kappa shape index (κ1) is 23.2. The molecule has 2 fully saturated rings. The van der Waals surface area contributed by atoms with E-state index in [0.717, 1.165) is 0 Å². The van der Waals surface area contributed by atoms with Gasteiger partial charge >= 0.3 is 11.9 Å². The SMILES string of the molecule is C[C@@H]1C[C@@H](O[C@@H]2O[C@H](CO)[C@@H](O)[C@H](O)[C@H]2OC(=O)Cc2ccc(O)c(O)c2)CC(=O)O1. The number of aliphatic hydroxyl groups excluding tert-OH is 3. The van der Waals surface area contributed by atoms with Crippen LogP contribution in [0.1, 0.15) is 25.3 Å². The summed E-state index contributed by atoms with van der Waals surface area (Å²) in [7, 11) is 0. The van der Waals surface area contributed by atoms with Crippen LogP contribution < -0.4 is 0 Å². The van der Waals surface area contributed by atoms with E-state index in [0.29, 0.717) is 12.0 Å². The number of esters is 2. The highest BCUT2D eigenvalue weighted by atomic mass is 16.7. The van der Waals surface area contributed by atoms with Gasteiger partial charge in [0.25, 0.3) is 0 Å². The monoisotopic (exact) mass is 442 g/mol. The van der Waals surface area contributed by atoms with Gasteiger partial charge in [-0.1, -0.05) is 6.07 Å². The quantitative estimate of drug-likeness (QED) is 0.273. The summed E-state index contributed by atoms with van der Waals surface area (Å²) in [4.78, 5) is 24.1. The molecule has 11 nitrogen and oxygen atoms in total. The van der Waals surface area contributed by atoms with Crippen LogP contribution in [0.5, 0.6) is 11.5 Å². The smallest absolute Gasteiger partial charge is 0.310 e. The number of carbonyl (C=O) groups is 2. The van der Waals surface area contributed by atoms with Gasteiger partial charge in [-0.3, -0.25) is 9.59 Å². The Kier molecular flexibility index (Phi) is 7.34. The molecule has 2 heterocycles. The fraction of sp³-hybridized carbons (Fsp3) is 0.600. The Labute approximate surface area is 177 Å². The van der Waals surface area contributed by atoms with E-state index in [1.807, 2.05) is 0 Å². The van der Waals surface area contributed by atoms with Gasteiger partial charge in [-0.05, 0) is 24.6 Å². The zero-order valence-corrected chi connectivity index (χ0v) is 16.8. The van der Waals surface area contributed by atoms with E-state index >= 15 is 0 Å². The van der Waals surface area contributed by atoms with Crippen LogP contribution in [-0.2, 0) is 35.0 Å². The average Bonchev–Trinajstić information content (AvgIpc) is 2.69. The van der Waals surface area contributed by atoms with E-state index in [1.54, 1.807) is 6.92 Å². The molecule has 2 aliphatic heterocycles. The molecule has 0 aliphatic carbocycles. The molecule has 11 heteroatoms. The lowest BCUT2D eigenvalue weighted by molar-refractivity contribution is -0.316. The van der Waals surface area contributed by atoms with Gasteiger partial charge in [0.1, 0.15) is 24.4 Å². The van der Waals surface area contributed by atoms with Crippen LogP contribution in [0.15, 0.2) is 18.2 Å². The van der Waals surface area contributed by atoms with Gasteiger partial charge in [0.15, 0.2) is 23.9 Å². The first-order valence-corrected chi connectivity index (χ1v) is 9.85. The summed E-state index contributed by atoms with van der Waals surface area (Å²) in [5, 5.41) is 49.0. The number of hydrogen-bond acceptors (Lipinski definition) is 11.